The fourth-order valence-electron chi connectivity index (χ4n) is 3.70. The Bertz CT molecular complexity index is 435. The summed E-state index contributed by atoms with van der Waals surface area (Å²) in [5, 5.41) is 4.45. The van der Waals surface area contributed by atoms with Crippen molar-refractivity contribution in [3.05, 3.63) is 33.3 Å². The predicted octanol–water partition coefficient (Wildman–Crippen LogP) is 4.63. The molecule has 0 heterocycles. The smallest absolute Gasteiger partial charge is 0.0451 e. The normalized spacial score (nSPS) is 30.0. The summed E-state index contributed by atoms with van der Waals surface area (Å²) in [7, 11) is 0. The Hall–Kier alpha value is -0.0500. The van der Waals surface area contributed by atoms with Crippen LogP contribution in [0.2, 0.25) is 5.02 Å². The van der Waals surface area contributed by atoms with Crippen LogP contribution in [0.15, 0.2) is 22.7 Å². The first kappa shape index (κ1) is 13.0. The quantitative estimate of drug-likeness (QED) is 0.850. The molecular formula is C15H19BrClN. The molecule has 0 aromatic heterocycles. The molecule has 1 nitrogen and oxygen atoms in total. The fraction of sp³-hybridized carbons (Fsp3) is 0.600. The van der Waals surface area contributed by atoms with Crippen molar-refractivity contribution in [1.82, 2.24) is 5.32 Å². The maximum atomic E-state index is 6.19. The average Bonchev–Trinajstić information content (AvgIpc) is 2.96. The Morgan fingerprint density at radius 3 is 2.89 bits per heavy atom. The first-order chi connectivity index (χ1) is 8.72. The third kappa shape index (κ3) is 2.76. The molecule has 0 radical (unpaired) electrons. The zero-order valence-electron chi connectivity index (χ0n) is 10.5. The average molecular weight is 329 g/mol. The summed E-state index contributed by atoms with van der Waals surface area (Å²) >= 11 is 9.69. The van der Waals surface area contributed by atoms with Crippen molar-refractivity contribution in [2.24, 2.45) is 17.8 Å². The molecule has 3 heteroatoms. The number of hydrogen-bond donors (Lipinski definition) is 1. The molecule has 1 N–H and O–H groups in total. The van der Waals surface area contributed by atoms with Crippen LogP contribution in [0.1, 0.15) is 31.2 Å². The van der Waals surface area contributed by atoms with Gasteiger partial charge in [-0.2, -0.15) is 0 Å². The zero-order valence-corrected chi connectivity index (χ0v) is 12.8. The minimum absolute atomic E-state index is 0.860. The Morgan fingerprint density at radius 1 is 1.28 bits per heavy atom. The van der Waals surface area contributed by atoms with Crippen molar-refractivity contribution in [3.63, 3.8) is 0 Å². The van der Waals surface area contributed by atoms with Gasteiger partial charge in [-0.15, -0.1) is 0 Å². The molecule has 2 aliphatic carbocycles. The van der Waals surface area contributed by atoms with Crippen molar-refractivity contribution in [3.8, 4) is 0 Å². The Kier molecular flexibility index (Phi) is 3.97. The van der Waals surface area contributed by atoms with E-state index in [-0.39, 0.29) is 0 Å². The first-order valence-electron chi connectivity index (χ1n) is 6.87. The summed E-state index contributed by atoms with van der Waals surface area (Å²) in [6.07, 6.45) is 5.89. The van der Waals surface area contributed by atoms with Crippen LogP contribution in [-0.2, 0) is 6.54 Å². The van der Waals surface area contributed by atoms with Gasteiger partial charge in [0.2, 0.25) is 0 Å². The minimum atomic E-state index is 0.860. The van der Waals surface area contributed by atoms with Crippen LogP contribution in [0.5, 0.6) is 0 Å². The molecular weight excluding hydrogens is 310 g/mol. The number of nitrogens with one attached hydrogen (secondary N) is 1. The van der Waals surface area contributed by atoms with Gasteiger partial charge in [-0.3, -0.25) is 0 Å². The highest BCUT2D eigenvalue weighted by molar-refractivity contribution is 9.10. The third-order valence-corrected chi connectivity index (χ3v) is 5.48. The molecule has 18 heavy (non-hydrogen) atoms. The van der Waals surface area contributed by atoms with Crippen LogP contribution in [-0.4, -0.2) is 6.54 Å². The van der Waals surface area contributed by atoms with Gasteiger partial charge in [0.15, 0.2) is 0 Å². The summed E-state index contributed by atoms with van der Waals surface area (Å²) in [4.78, 5) is 0. The summed E-state index contributed by atoms with van der Waals surface area (Å²) in [5.41, 5.74) is 1.19. The lowest BCUT2D eigenvalue weighted by Crippen LogP contribution is -2.26. The van der Waals surface area contributed by atoms with E-state index >= 15 is 0 Å². The standard InChI is InChI=1S/C15H19BrClN/c16-14-3-4-15(17)13(7-14)9-18-8-12-6-10-1-2-11(12)5-10/h3-4,7,10-12,18H,1-2,5-6,8-9H2. The highest BCUT2D eigenvalue weighted by Gasteiger charge is 2.38. The summed E-state index contributed by atoms with van der Waals surface area (Å²) in [6.45, 7) is 2.04. The van der Waals surface area contributed by atoms with Gasteiger partial charge >= 0.3 is 0 Å². The molecule has 0 aliphatic heterocycles. The third-order valence-electron chi connectivity index (χ3n) is 4.61. The van der Waals surface area contributed by atoms with E-state index in [9.17, 15) is 0 Å². The van der Waals surface area contributed by atoms with Gasteiger partial charge in [0.1, 0.15) is 0 Å². The molecule has 2 bridgehead atoms. The molecule has 0 amide bonds. The SMILES string of the molecule is Clc1ccc(Br)cc1CNCC1CC2CCC1C2. The second-order valence-electron chi connectivity index (χ2n) is 5.80. The summed E-state index contributed by atoms with van der Waals surface area (Å²) in [6, 6.07) is 6.05. The van der Waals surface area contributed by atoms with Crippen molar-refractivity contribution in [1.29, 1.82) is 0 Å². The summed E-state index contributed by atoms with van der Waals surface area (Å²) in [5.74, 6) is 2.95. The van der Waals surface area contributed by atoms with E-state index in [2.05, 4.69) is 27.3 Å². The number of hydrogen-bond acceptors (Lipinski definition) is 1. The molecule has 1 aromatic carbocycles. The molecule has 3 atom stereocenters. The second-order valence-corrected chi connectivity index (χ2v) is 7.12. The molecule has 98 valence electrons. The highest BCUT2D eigenvalue weighted by Crippen LogP contribution is 2.47. The van der Waals surface area contributed by atoms with Gasteiger partial charge in [0.05, 0.1) is 0 Å². The molecule has 2 saturated carbocycles. The van der Waals surface area contributed by atoms with E-state index in [1.807, 2.05) is 12.1 Å². The van der Waals surface area contributed by atoms with Crippen LogP contribution in [0.3, 0.4) is 0 Å². The minimum Gasteiger partial charge on any atom is -0.312 e. The van der Waals surface area contributed by atoms with Crippen molar-refractivity contribution >= 4 is 27.5 Å². The number of benzene rings is 1. The lowest BCUT2D eigenvalue weighted by atomic mass is 9.89. The van der Waals surface area contributed by atoms with Crippen LogP contribution >= 0.6 is 27.5 Å². The zero-order chi connectivity index (χ0) is 12.5. The highest BCUT2D eigenvalue weighted by atomic mass is 79.9. The topological polar surface area (TPSA) is 12.0 Å². The van der Waals surface area contributed by atoms with E-state index in [0.29, 0.717) is 0 Å². The van der Waals surface area contributed by atoms with Crippen molar-refractivity contribution in [2.75, 3.05) is 6.54 Å². The maximum Gasteiger partial charge on any atom is 0.0451 e. The van der Waals surface area contributed by atoms with Gasteiger partial charge in [0.25, 0.3) is 0 Å². The van der Waals surface area contributed by atoms with Crippen LogP contribution in [0, 0.1) is 17.8 Å². The van der Waals surface area contributed by atoms with E-state index in [4.69, 9.17) is 11.6 Å². The molecule has 3 rings (SSSR count). The fourth-order valence-corrected chi connectivity index (χ4v) is 4.29. The number of halogens is 2. The molecule has 0 spiro atoms. The van der Waals surface area contributed by atoms with Gasteiger partial charge in [-0.25, -0.2) is 0 Å². The number of fused-ring (bicyclic) bond motifs is 2. The second kappa shape index (κ2) is 5.52. The van der Waals surface area contributed by atoms with Crippen LogP contribution in [0.4, 0.5) is 0 Å². The van der Waals surface area contributed by atoms with E-state index in [1.165, 1.54) is 31.2 Å². The van der Waals surface area contributed by atoms with Crippen molar-refractivity contribution in [2.45, 2.75) is 32.2 Å². The van der Waals surface area contributed by atoms with Gasteiger partial charge < -0.3 is 5.32 Å². The summed E-state index contributed by atoms with van der Waals surface area (Å²) < 4.78 is 1.10. The molecule has 2 fully saturated rings. The maximum absolute atomic E-state index is 6.19. The number of rotatable bonds is 4. The molecule has 3 unspecified atom stereocenters. The van der Waals surface area contributed by atoms with E-state index in [1.54, 1.807) is 0 Å². The van der Waals surface area contributed by atoms with Crippen LogP contribution < -0.4 is 5.32 Å². The van der Waals surface area contributed by atoms with Gasteiger partial charge in [-0.05, 0) is 67.3 Å². The molecule has 0 saturated heterocycles. The lowest BCUT2D eigenvalue weighted by Gasteiger charge is -2.22. The van der Waals surface area contributed by atoms with Crippen LogP contribution in [0.25, 0.3) is 0 Å². The Balaban J connectivity index is 1.51. The molecule has 2 aliphatic rings. The Labute approximate surface area is 122 Å². The van der Waals surface area contributed by atoms with E-state index in [0.717, 1.165) is 40.3 Å². The van der Waals surface area contributed by atoms with Gasteiger partial charge in [-0.1, -0.05) is 34.0 Å². The Morgan fingerprint density at radius 2 is 2.17 bits per heavy atom. The molecule has 1 aromatic rings. The predicted molar refractivity (Wildman–Crippen MR) is 79.8 cm³/mol. The van der Waals surface area contributed by atoms with Crippen molar-refractivity contribution < 1.29 is 0 Å². The van der Waals surface area contributed by atoms with Gasteiger partial charge in [0, 0.05) is 16.0 Å². The largest absolute Gasteiger partial charge is 0.312 e. The first-order valence-corrected chi connectivity index (χ1v) is 8.04. The monoisotopic (exact) mass is 327 g/mol. The van der Waals surface area contributed by atoms with E-state index < -0.39 is 0 Å². The lowest BCUT2D eigenvalue weighted by molar-refractivity contribution is 0.318.